The van der Waals surface area contributed by atoms with E-state index in [1.165, 1.54) is 25.2 Å². The molecule has 4 nitrogen and oxygen atoms in total. The Labute approximate surface area is 114 Å². The number of Topliss-reactive ketones (excluding diaryl/α,β-unsaturated/α-hetero) is 1. The number of ketones is 1. The molecule has 1 rings (SSSR count). The maximum absolute atomic E-state index is 11.7. The van der Waals surface area contributed by atoms with Crippen molar-refractivity contribution in [3.05, 3.63) is 28.8 Å². The summed E-state index contributed by atoms with van der Waals surface area (Å²) in [7, 11) is -2.38. The third kappa shape index (κ3) is 3.28. The van der Waals surface area contributed by atoms with Crippen LogP contribution >= 0.6 is 27.5 Å². The van der Waals surface area contributed by atoms with Gasteiger partial charge in [-0.15, -0.1) is 0 Å². The molecule has 0 saturated carbocycles. The fraction of sp³-hybridized carbons (Fsp3) is 0.300. The van der Waals surface area contributed by atoms with Crippen LogP contribution in [0.5, 0.6) is 0 Å². The summed E-state index contributed by atoms with van der Waals surface area (Å²) in [4.78, 5) is 11.2. The smallest absolute Gasteiger partial charge is 0.241 e. The highest BCUT2D eigenvalue weighted by molar-refractivity contribution is 9.10. The fourth-order valence-corrected chi connectivity index (χ4v) is 2.72. The molecule has 1 aromatic rings. The number of alkyl halides is 1. The molecule has 1 unspecified atom stereocenters. The molecule has 0 heterocycles. The van der Waals surface area contributed by atoms with E-state index in [9.17, 15) is 13.2 Å². The lowest BCUT2D eigenvalue weighted by molar-refractivity contribution is 0.0995. The zero-order valence-corrected chi connectivity index (χ0v) is 12.4. The minimum absolute atomic E-state index is 0.0816. The van der Waals surface area contributed by atoms with Crippen LogP contribution in [0.4, 0.5) is 0 Å². The standard InChI is InChI=1S/C10H11BrClNO3S/c1-6(11)10(14)7-3-4-8(12)9(5-7)17(15,16)13-2/h3-6,13H,1-2H3. The summed E-state index contributed by atoms with van der Waals surface area (Å²) >= 11 is 8.94. The third-order valence-electron chi connectivity index (χ3n) is 2.14. The minimum Gasteiger partial charge on any atom is -0.293 e. The predicted octanol–water partition coefficient (Wildman–Crippen LogP) is 2.21. The van der Waals surface area contributed by atoms with Crippen LogP contribution in [-0.2, 0) is 10.0 Å². The molecule has 0 radical (unpaired) electrons. The van der Waals surface area contributed by atoms with Gasteiger partial charge in [0.05, 0.1) is 9.85 Å². The summed E-state index contributed by atoms with van der Waals surface area (Å²) in [5, 5.41) is 0.0816. The number of rotatable bonds is 4. The topological polar surface area (TPSA) is 63.2 Å². The van der Waals surface area contributed by atoms with Crippen molar-refractivity contribution in [2.45, 2.75) is 16.6 Å². The summed E-state index contributed by atoms with van der Waals surface area (Å²) in [6.45, 7) is 1.67. The largest absolute Gasteiger partial charge is 0.293 e. The minimum atomic E-state index is -3.66. The van der Waals surface area contributed by atoms with E-state index in [4.69, 9.17) is 11.6 Å². The van der Waals surface area contributed by atoms with Crippen LogP contribution in [0, 0.1) is 0 Å². The number of sulfonamides is 1. The molecular formula is C10H11BrClNO3S. The summed E-state index contributed by atoms with van der Waals surface area (Å²) in [6.07, 6.45) is 0. The molecule has 0 saturated heterocycles. The number of carbonyl (C=O) groups excluding carboxylic acids is 1. The van der Waals surface area contributed by atoms with E-state index in [0.29, 0.717) is 5.56 Å². The van der Waals surface area contributed by atoms with Crippen molar-refractivity contribution in [1.29, 1.82) is 0 Å². The van der Waals surface area contributed by atoms with Gasteiger partial charge in [0, 0.05) is 5.56 Å². The Kier molecular flexibility index (Phi) is 4.71. The number of hydrogen-bond donors (Lipinski definition) is 1. The van der Waals surface area contributed by atoms with E-state index >= 15 is 0 Å². The van der Waals surface area contributed by atoms with Gasteiger partial charge in [-0.3, -0.25) is 4.79 Å². The monoisotopic (exact) mass is 339 g/mol. The summed E-state index contributed by atoms with van der Waals surface area (Å²) in [5.41, 5.74) is 0.299. The Morgan fingerprint density at radius 2 is 2.06 bits per heavy atom. The summed E-state index contributed by atoms with van der Waals surface area (Å²) < 4.78 is 25.5. The molecule has 1 aromatic carbocycles. The molecular weight excluding hydrogens is 330 g/mol. The van der Waals surface area contributed by atoms with Crippen molar-refractivity contribution in [1.82, 2.24) is 4.72 Å². The van der Waals surface area contributed by atoms with Crippen LogP contribution in [0.25, 0.3) is 0 Å². The predicted molar refractivity (Wildman–Crippen MR) is 70.4 cm³/mol. The Bertz CT molecular complexity index is 542. The van der Waals surface area contributed by atoms with Gasteiger partial charge in [0.25, 0.3) is 0 Å². The first-order valence-electron chi connectivity index (χ1n) is 4.71. The highest BCUT2D eigenvalue weighted by Gasteiger charge is 2.19. The van der Waals surface area contributed by atoms with Crippen molar-refractivity contribution in [2.24, 2.45) is 0 Å². The molecule has 0 aliphatic rings. The number of benzene rings is 1. The Balaban J connectivity index is 3.35. The van der Waals surface area contributed by atoms with Gasteiger partial charge < -0.3 is 0 Å². The van der Waals surface area contributed by atoms with Gasteiger partial charge in [0.2, 0.25) is 10.0 Å². The number of halogens is 2. The molecule has 0 aliphatic carbocycles. The SMILES string of the molecule is CNS(=O)(=O)c1cc(C(=O)C(C)Br)ccc1Cl. The van der Waals surface area contributed by atoms with Gasteiger partial charge >= 0.3 is 0 Å². The van der Waals surface area contributed by atoms with Gasteiger partial charge in [-0.05, 0) is 32.2 Å². The summed E-state index contributed by atoms with van der Waals surface area (Å²) in [5.74, 6) is -0.200. The van der Waals surface area contributed by atoms with Crippen molar-refractivity contribution < 1.29 is 13.2 Å². The molecule has 94 valence electrons. The highest BCUT2D eigenvalue weighted by atomic mass is 79.9. The van der Waals surface area contributed by atoms with E-state index in [1.807, 2.05) is 0 Å². The lowest BCUT2D eigenvalue weighted by Crippen LogP contribution is -2.20. The zero-order chi connectivity index (χ0) is 13.2. The van der Waals surface area contributed by atoms with E-state index < -0.39 is 10.0 Å². The van der Waals surface area contributed by atoms with Crippen molar-refractivity contribution in [2.75, 3.05) is 7.05 Å². The van der Waals surface area contributed by atoms with Crippen LogP contribution in [0.3, 0.4) is 0 Å². The normalized spacial score (nSPS) is 13.4. The van der Waals surface area contributed by atoms with Gasteiger partial charge in [0.15, 0.2) is 5.78 Å². The number of hydrogen-bond acceptors (Lipinski definition) is 3. The molecule has 0 bridgehead atoms. The molecule has 0 spiro atoms. The lowest BCUT2D eigenvalue weighted by atomic mass is 10.1. The molecule has 0 fully saturated rings. The van der Waals surface area contributed by atoms with Crippen LogP contribution in [0.2, 0.25) is 5.02 Å². The van der Waals surface area contributed by atoms with Gasteiger partial charge in [-0.1, -0.05) is 27.5 Å². The lowest BCUT2D eigenvalue weighted by Gasteiger charge is -2.08. The van der Waals surface area contributed by atoms with Crippen molar-refractivity contribution in [3.63, 3.8) is 0 Å². The van der Waals surface area contributed by atoms with E-state index in [2.05, 4.69) is 20.7 Å². The van der Waals surface area contributed by atoms with Gasteiger partial charge in [0.1, 0.15) is 4.90 Å². The Morgan fingerprint density at radius 1 is 1.47 bits per heavy atom. The zero-order valence-electron chi connectivity index (χ0n) is 9.20. The average molecular weight is 341 g/mol. The maximum atomic E-state index is 11.7. The van der Waals surface area contributed by atoms with Crippen LogP contribution < -0.4 is 4.72 Å². The Morgan fingerprint density at radius 3 is 2.53 bits per heavy atom. The van der Waals surface area contributed by atoms with Crippen molar-refractivity contribution >= 4 is 43.3 Å². The van der Waals surface area contributed by atoms with Crippen LogP contribution in [-0.4, -0.2) is 26.1 Å². The second kappa shape index (κ2) is 5.48. The molecule has 1 N–H and O–H groups in total. The molecule has 1 atom stereocenters. The molecule has 7 heteroatoms. The second-order valence-corrected chi connectivity index (χ2v) is 6.97. The average Bonchev–Trinajstić information content (AvgIpc) is 2.28. The molecule has 0 aliphatic heterocycles. The second-order valence-electron chi connectivity index (χ2n) is 3.33. The fourth-order valence-electron chi connectivity index (χ4n) is 1.20. The van der Waals surface area contributed by atoms with Crippen LogP contribution in [0.15, 0.2) is 23.1 Å². The first-order chi connectivity index (χ1) is 7.79. The first kappa shape index (κ1) is 14.6. The third-order valence-corrected chi connectivity index (χ3v) is 4.45. The van der Waals surface area contributed by atoms with Gasteiger partial charge in [-0.2, -0.15) is 0 Å². The maximum Gasteiger partial charge on any atom is 0.241 e. The van der Waals surface area contributed by atoms with Gasteiger partial charge in [-0.25, -0.2) is 13.1 Å². The molecule has 0 aromatic heterocycles. The Hall–Kier alpha value is -0.430. The number of carbonyl (C=O) groups is 1. The van der Waals surface area contributed by atoms with E-state index in [-0.39, 0.29) is 20.5 Å². The van der Waals surface area contributed by atoms with E-state index in [0.717, 1.165) is 0 Å². The van der Waals surface area contributed by atoms with E-state index in [1.54, 1.807) is 6.92 Å². The van der Waals surface area contributed by atoms with Crippen LogP contribution in [0.1, 0.15) is 17.3 Å². The molecule has 0 amide bonds. The highest BCUT2D eigenvalue weighted by Crippen LogP contribution is 2.23. The van der Waals surface area contributed by atoms with Crippen molar-refractivity contribution in [3.8, 4) is 0 Å². The first-order valence-corrected chi connectivity index (χ1v) is 7.48. The number of nitrogens with one attached hydrogen (secondary N) is 1. The molecule has 17 heavy (non-hydrogen) atoms. The summed E-state index contributed by atoms with van der Waals surface area (Å²) in [6, 6.07) is 4.17. The quantitative estimate of drug-likeness (QED) is 0.675.